The molecule has 3 heteroatoms. The first-order chi connectivity index (χ1) is 9.26. The van der Waals surface area contributed by atoms with E-state index in [0.29, 0.717) is 24.9 Å². The summed E-state index contributed by atoms with van der Waals surface area (Å²) in [5.41, 5.74) is 6.98. The first kappa shape index (κ1) is 14.1. The standard InChI is InChI=1S/C16H24N2O/c1-2-18(12-13-7-4-3-5-8-13)16(19)15-10-6-9-14(15)11-17/h3-5,7-8,14-15H,2,6,9-12,17H2,1H3/t14-,15-/m1/s1. The molecular weight excluding hydrogens is 236 g/mol. The molecule has 2 atom stereocenters. The number of carbonyl (C=O) groups is 1. The predicted octanol–water partition coefficient (Wildman–Crippen LogP) is 2.41. The SMILES string of the molecule is CCN(Cc1ccccc1)C(=O)[C@@H]1CCC[C@@H]1CN. The molecule has 1 aromatic rings. The Bertz CT molecular complexity index is 404. The van der Waals surface area contributed by atoms with E-state index >= 15 is 0 Å². The maximum Gasteiger partial charge on any atom is 0.226 e. The maximum atomic E-state index is 12.6. The summed E-state index contributed by atoms with van der Waals surface area (Å²) in [7, 11) is 0. The molecule has 1 fully saturated rings. The highest BCUT2D eigenvalue weighted by Crippen LogP contribution is 2.32. The van der Waals surface area contributed by atoms with Crippen LogP contribution in [0.1, 0.15) is 31.7 Å². The van der Waals surface area contributed by atoms with Crippen LogP contribution in [0.15, 0.2) is 30.3 Å². The Kier molecular flexibility index (Phi) is 4.97. The van der Waals surface area contributed by atoms with Crippen molar-refractivity contribution in [2.45, 2.75) is 32.7 Å². The summed E-state index contributed by atoms with van der Waals surface area (Å²) >= 11 is 0. The quantitative estimate of drug-likeness (QED) is 0.883. The maximum absolute atomic E-state index is 12.6. The molecule has 3 nitrogen and oxygen atoms in total. The van der Waals surface area contributed by atoms with Gasteiger partial charge in [0.1, 0.15) is 0 Å². The number of nitrogens with two attached hydrogens (primary N) is 1. The number of hydrogen-bond donors (Lipinski definition) is 1. The first-order valence-corrected chi connectivity index (χ1v) is 7.29. The van der Waals surface area contributed by atoms with E-state index in [9.17, 15) is 4.79 Å². The van der Waals surface area contributed by atoms with Gasteiger partial charge in [-0.15, -0.1) is 0 Å². The zero-order valence-corrected chi connectivity index (χ0v) is 11.7. The second-order valence-corrected chi connectivity index (χ2v) is 5.37. The van der Waals surface area contributed by atoms with E-state index in [1.165, 1.54) is 5.56 Å². The first-order valence-electron chi connectivity index (χ1n) is 7.29. The third kappa shape index (κ3) is 3.35. The van der Waals surface area contributed by atoms with Crippen LogP contribution in [0.25, 0.3) is 0 Å². The van der Waals surface area contributed by atoms with Gasteiger partial charge in [0.2, 0.25) is 5.91 Å². The average molecular weight is 260 g/mol. The van der Waals surface area contributed by atoms with E-state index in [1.54, 1.807) is 0 Å². The van der Waals surface area contributed by atoms with Crippen molar-refractivity contribution in [1.29, 1.82) is 0 Å². The van der Waals surface area contributed by atoms with Gasteiger partial charge in [0.25, 0.3) is 0 Å². The minimum atomic E-state index is 0.147. The Hall–Kier alpha value is -1.35. The molecule has 0 aliphatic heterocycles. The van der Waals surface area contributed by atoms with Crippen LogP contribution >= 0.6 is 0 Å². The second-order valence-electron chi connectivity index (χ2n) is 5.37. The van der Waals surface area contributed by atoms with Crippen LogP contribution in [0.2, 0.25) is 0 Å². The van der Waals surface area contributed by atoms with E-state index < -0.39 is 0 Å². The van der Waals surface area contributed by atoms with Crippen molar-refractivity contribution >= 4 is 5.91 Å². The second kappa shape index (κ2) is 6.71. The minimum absolute atomic E-state index is 0.147. The largest absolute Gasteiger partial charge is 0.338 e. The molecular formula is C16H24N2O. The number of hydrogen-bond acceptors (Lipinski definition) is 2. The summed E-state index contributed by atoms with van der Waals surface area (Å²) in [6.45, 7) is 4.16. The van der Waals surface area contributed by atoms with E-state index in [2.05, 4.69) is 12.1 Å². The average Bonchev–Trinajstić information content (AvgIpc) is 2.93. The van der Waals surface area contributed by atoms with Crippen molar-refractivity contribution in [1.82, 2.24) is 4.90 Å². The molecule has 2 rings (SSSR count). The Morgan fingerprint density at radius 2 is 2.05 bits per heavy atom. The lowest BCUT2D eigenvalue weighted by Crippen LogP contribution is -2.38. The highest BCUT2D eigenvalue weighted by atomic mass is 16.2. The van der Waals surface area contributed by atoms with Crippen LogP contribution in [0.4, 0.5) is 0 Å². The summed E-state index contributed by atoms with van der Waals surface area (Å²) in [4.78, 5) is 14.6. The van der Waals surface area contributed by atoms with E-state index in [4.69, 9.17) is 5.73 Å². The van der Waals surface area contributed by atoms with Gasteiger partial charge in [0.05, 0.1) is 0 Å². The van der Waals surface area contributed by atoms with Crippen LogP contribution in [0.3, 0.4) is 0 Å². The fourth-order valence-corrected chi connectivity index (χ4v) is 3.03. The monoisotopic (exact) mass is 260 g/mol. The van der Waals surface area contributed by atoms with Crippen molar-refractivity contribution in [3.63, 3.8) is 0 Å². The Morgan fingerprint density at radius 3 is 2.68 bits per heavy atom. The molecule has 0 saturated heterocycles. The van der Waals surface area contributed by atoms with Crippen molar-refractivity contribution in [3.05, 3.63) is 35.9 Å². The molecule has 1 aliphatic carbocycles. The van der Waals surface area contributed by atoms with E-state index in [0.717, 1.165) is 25.8 Å². The number of amides is 1. The summed E-state index contributed by atoms with van der Waals surface area (Å²) < 4.78 is 0. The zero-order chi connectivity index (χ0) is 13.7. The summed E-state index contributed by atoms with van der Waals surface area (Å²) in [5, 5.41) is 0. The molecule has 19 heavy (non-hydrogen) atoms. The van der Waals surface area contributed by atoms with Gasteiger partial charge in [-0.25, -0.2) is 0 Å². The Labute approximate surface area is 115 Å². The van der Waals surface area contributed by atoms with Gasteiger partial charge in [-0.2, -0.15) is 0 Å². The van der Waals surface area contributed by atoms with E-state index in [1.807, 2.05) is 30.0 Å². The lowest BCUT2D eigenvalue weighted by molar-refractivity contribution is -0.137. The molecule has 104 valence electrons. The van der Waals surface area contributed by atoms with Crippen molar-refractivity contribution in [3.8, 4) is 0 Å². The summed E-state index contributed by atoms with van der Waals surface area (Å²) in [5.74, 6) is 0.824. The molecule has 1 aromatic carbocycles. The van der Waals surface area contributed by atoms with Gasteiger partial charge in [-0.1, -0.05) is 36.8 Å². The fourth-order valence-electron chi connectivity index (χ4n) is 3.03. The number of carbonyl (C=O) groups excluding carboxylic acids is 1. The molecule has 0 heterocycles. The molecule has 0 bridgehead atoms. The van der Waals surface area contributed by atoms with Gasteiger partial charge >= 0.3 is 0 Å². The van der Waals surface area contributed by atoms with Gasteiger partial charge in [-0.3, -0.25) is 4.79 Å². The molecule has 0 aromatic heterocycles. The smallest absolute Gasteiger partial charge is 0.226 e. The van der Waals surface area contributed by atoms with Gasteiger partial charge in [-0.05, 0) is 37.8 Å². The molecule has 2 N–H and O–H groups in total. The van der Waals surface area contributed by atoms with Crippen molar-refractivity contribution in [2.75, 3.05) is 13.1 Å². The third-order valence-electron chi connectivity index (χ3n) is 4.19. The number of benzene rings is 1. The minimum Gasteiger partial charge on any atom is -0.338 e. The molecule has 1 amide bonds. The number of nitrogens with zero attached hydrogens (tertiary/aromatic N) is 1. The fraction of sp³-hybridized carbons (Fsp3) is 0.562. The molecule has 0 spiro atoms. The van der Waals surface area contributed by atoms with Crippen LogP contribution in [-0.2, 0) is 11.3 Å². The van der Waals surface area contributed by atoms with Crippen molar-refractivity contribution < 1.29 is 4.79 Å². The highest BCUT2D eigenvalue weighted by Gasteiger charge is 2.34. The summed E-state index contributed by atoms with van der Waals surface area (Å²) in [6.07, 6.45) is 3.25. The molecule has 0 radical (unpaired) electrons. The lowest BCUT2D eigenvalue weighted by atomic mass is 9.94. The van der Waals surface area contributed by atoms with Crippen LogP contribution < -0.4 is 5.73 Å². The molecule has 1 aliphatic rings. The predicted molar refractivity (Wildman–Crippen MR) is 77.4 cm³/mol. The molecule has 1 saturated carbocycles. The number of rotatable bonds is 5. The van der Waals surface area contributed by atoms with Gasteiger partial charge in [0.15, 0.2) is 0 Å². The zero-order valence-electron chi connectivity index (χ0n) is 11.7. The van der Waals surface area contributed by atoms with Crippen LogP contribution in [-0.4, -0.2) is 23.9 Å². The normalized spacial score (nSPS) is 22.4. The van der Waals surface area contributed by atoms with Gasteiger partial charge in [0, 0.05) is 19.0 Å². The molecule has 0 unspecified atom stereocenters. The van der Waals surface area contributed by atoms with Crippen LogP contribution in [0, 0.1) is 11.8 Å². The van der Waals surface area contributed by atoms with Crippen molar-refractivity contribution in [2.24, 2.45) is 17.6 Å². The van der Waals surface area contributed by atoms with Crippen LogP contribution in [0.5, 0.6) is 0 Å². The topological polar surface area (TPSA) is 46.3 Å². The third-order valence-corrected chi connectivity index (χ3v) is 4.19. The van der Waals surface area contributed by atoms with E-state index in [-0.39, 0.29) is 5.92 Å². The lowest BCUT2D eigenvalue weighted by Gasteiger charge is -2.27. The Balaban J connectivity index is 2.03. The van der Waals surface area contributed by atoms with Gasteiger partial charge < -0.3 is 10.6 Å². The highest BCUT2D eigenvalue weighted by molar-refractivity contribution is 5.79. The Morgan fingerprint density at radius 1 is 1.32 bits per heavy atom. The summed E-state index contributed by atoms with van der Waals surface area (Å²) in [6, 6.07) is 10.2.